The van der Waals surface area contributed by atoms with Crippen LogP contribution in [0.25, 0.3) is 0 Å². The van der Waals surface area contributed by atoms with Gasteiger partial charge in [-0.2, -0.15) is 0 Å². The van der Waals surface area contributed by atoms with Gasteiger partial charge in [-0.25, -0.2) is 9.97 Å². The maximum absolute atomic E-state index is 12.4. The molecule has 2 aliphatic rings. The summed E-state index contributed by atoms with van der Waals surface area (Å²) < 4.78 is 5.84. The van der Waals surface area contributed by atoms with Crippen LogP contribution in [0.3, 0.4) is 0 Å². The molecule has 186 valence electrons. The van der Waals surface area contributed by atoms with Gasteiger partial charge in [0.25, 0.3) is 0 Å². The van der Waals surface area contributed by atoms with Crippen LogP contribution in [0, 0.1) is 18.8 Å². The van der Waals surface area contributed by atoms with Gasteiger partial charge in [-0.1, -0.05) is 19.9 Å². The molecular formula is C27H40N4O2S. The molecule has 7 heteroatoms. The summed E-state index contributed by atoms with van der Waals surface area (Å²) in [5.74, 6) is 2.20. The van der Waals surface area contributed by atoms with Crippen molar-refractivity contribution in [2.75, 3.05) is 26.2 Å². The molecule has 0 spiro atoms. The lowest BCUT2D eigenvalue weighted by atomic mass is 9.84. The second-order valence-corrected chi connectivity index (χ2v) is 11.7. The number of pyridine rings is 1. The highest BCUT2D eigenvalue weighted by Gasteiger charge is 2.24. The number of hydrogen-bond donors (Lipinski definition) is 1. The van der Waals surface area contributed by atoms with Gasteiger partial charge < -0.3 is 15.0 Å². The van der Waals surface area contributed by atoms with E-state index in [4.69, 9.17) is 9.72 Å². The third-order valence-corrected chi connectivity index (χ3v) is 7.95. The van der Waals surface area contributed by atoms with E-state index in [1.807, 2.05) is 19.2 Å². The van der Waals surface area contributed by atoms with E-state index in [2.05, 4.69) is 35.1 Å². The summed E-state index contributed by atoms with van der Waals surface area (Å²) in [6, 6.07) is 4.59. The van der Waals surface area contributed by atoms with Crippen molar-refractivity contribution in [2.45, 2.75) is 78.2 Å². The number of carbonyl (C=O) groups is 1. The first kappa shape index (κ1) is 25.1. The molecule has 1 aliphatic carbocycles. The number of nitrogens with zero attached hydrogens (tertiary/aromatic N) is 3. The Bertz CT molecular complexity index is 936. The predicted molar refractivity (Wildman–Crippen MR) is 137 cm³/mol. The number of aromatic nitrogens is 2. The van der Waals surface area contributed by atoms with Crippen molar-refractivity contribution >= 4 is 17.2 Å². The molecule has 0 aromatic carbocycles. The molecule has 6 nitrogen and oxygen atoms in total. The number of rotatable bonds is 9. The van der Waals surface area contributed by atoms with E-state index >= 15 is 0 Å². The van der Waals surface area contributed by atoms with Crippen LogP contribution >= 0.6 is 11.3 Å². The number of hydrogen-bond acceptors (Lipinski definition) is 6. The van der Waals surface area contributed by atoms with E-state index in [0.717, 1.165) is 73.6 Å². The highest BCUT2D eigenvalue weighted by Crippen LogP contribution is 2.28. The lowest BCUT2D eigenvalue weighted by molar-refractivity contribution is -0.121. The van der Waals surface area contributed by atoms with E-state index in [1.165, 1.54) is 30.5 Å². The van der Waals surface area contributed by atoms with Crippen molar-refractivity contribution in [3.05, 3.63) is 39.5 Å². The van der Waals surface area contributed by atoms with Gasteiger partial charge in [-0.15, -0.1) is 11.3 Å². The maximum atomic E-state index is 12.4. The average molecular weight is 485 g/mol. The molecule has 1 saturated carbocycles. The van der Waals surface area contributed by atoms with Crippen LogP contribution in [0.5, 0.6) is 5.88 Å². The predicted octanol–water partition coefficient (Wildman–Crippen LogP) is 4.59. The molecule has 4 rings (SSSR count). The van der Waals surface area contributed by atoms with Crippen molar-refractivity contribution in [1.29, 1.82) is 0 Å². The summed E-state index contributed by atoms with van der Waals surface area (Å²) >= 11 is 1.61. The monoisotopic (exact) mass is 484 g/mol. The third-order valence-electron chi connectivity index (χ3n) is 7.04. The van der Waals surface area contributed by atoms with Crippen LogP contribution in [-0.2, 0) is 24.1 Å². The molecule has 0 saturated heterocycles. The van der Waals surface area contributed by atoms with Crippen LogP contribution in [0.1, 0.15) is 67.1 Å². The Hall–Kier alpha value is -1.99. The van der Waals surface area contributed by atoms with Crippen LogP contribution in [0.2, 0.25) is 0 Å². The fourth-order valence-electron chi connectivity index (χ4n) is 5.05. The van der Waals surface area contributed by atoms with Gasteiger partial charge in [-0.05, 0) is 69.4 Å². The van der Waals surface area contributed by atoms with E-state index in [9.17, 15) is 4.79 Å². The number of thiazole rings is 1. The number of aryl methyl sites for hydroxylation is 1. The van der Waals surface area contributed by atoms with Crippen LogP contribution in [0.15, 0.2) is 18.3 Å². The molecule has 34 heavy (non-hydrogen) atoms. The second kappa shape index (κ2) is 12.1. The van der Waals surface area contributed by atoms with Gasteiger partial charge in [0, 0.05) is 48.4 Å². The number of fused-ring (bicyclic) bond motifs is 1. The normalized spacial score (nSPS) is 21.2. The molecule has 1 fully saturated rings. The van der Waals surface area contributed by atoms with Crippen molar-refractivity contribution in [2.24, 2.45) is 11.8 Å². The lowest BCUT2D eigenvalue weighted by Crippen LogP contribution is -2.38. The Morgan fingerprint density at radius 3 is 2.74 bits per heavy atom. The van der Waals surface area contributed by atoms with Gasteiger partial charge in [0.1, 0.15) is 0 Å². The molecule has 0 bridgehead atoms. The van der Waals surface area contributed by atoms with E-state index in [0.29, 0.717) is 18.4 Å². The van der Waals surface area contributed by atoms with Crippen molar-refractivity contribution in [3.8, 4) is 5.88 Å². The van der Waals surface area contributed by atoms with Crippen LogP contribution < -0.4 is 10.1 Å². The van der Waals surface area contributed by atoms with Gasteiger partial charge in [0.05, 0.1) is 18.0 Å². The van der Waals surface area contributed by atoms with E-state index < -0.39 is 0 Å². The number of carbonyl (C=O) groups excluding carboxylic acids is 1. The summed E-state index contributed by atoms with van der Waals surface area (Å²) in [6.45, 7) is 10.4. The second-order valence-electron chi connectivity index (χ2n) is 10.4. The van der Waals surface area contributed by atoms with E-state index in [1.54, 1.807) is 11.3 Å². The van der Waals surface area contributed by atoms with Gasteiger partial charge >= 0.3 is 0 Å². The molecular weight excluding hydrogens is 444 g/mol. The van der Waals surface area contributed by atoms with Crippen molar-refractivity contribution in [1.82, 2.24) is 20.2 Å². The highest BCUT2D eigenvalue weighted by atomic mass is 32.1. The maximum Gasteiger partial charge on any atom is 0.225 e. The van der Waals surface area contributed by atoms with Gasteiger partial charge in [0.15, 0.2) is 0 Å². The largest absolute Gasteiger partial charge is 0.477 e. The topological polar surface area (TPSA) is 67.4 Å². The Kier molecular flexibility index (Phi) is 8.95. The zero-order valence-corrected chi connectivity index (χ0v) is 21.8. The van der Waals surface area contributed by atoms with Gasteiger partial charge in [0.2, 0.25) is 11.8 Å². The first-order chi connectivity index (χ1) is 16.4. The first-order valence-corrected chi connectivity index (χ1v) is 13.8. The Labute approximate surface area is 208 Å². The third kappa shape index (κ3) is 7.51. The van der Waals surface area contributed by atoms with E-state index in [-0.39, 0.29) is 5.91 Å². The quantitative estimate of drug-likeness (QED) is 0.564. The molecule has 1 aliphatic heterocycles. The fourth-order valence-corrected chi connectivity index (χ4v) is 5.84. The minimum absolute atomic E-state index is 0.141. The standard InChI is InChI=1S/C27H40N4O2S/c1-19(2)18-33-27-9-6-22-11-14-31(15-12-25(22)30-27)13-10-21-4-7-23(8-5-21)29-26(32)16-24-17-28-20(3)34-24/h6,9,17,19,21,23H,4-5,7-8,10-16,18H2,1-3H3,(H,29,32)/t21-,23-. The molecule has 0 atom stereocenters. The molecule has 1 amide bonds. The Morgan fingerprint density at radius 2 is 2.00 bits per heavy atom. The van der Waals surface area contributed by atoms with Crippen molar-refractivity contribution in [3.63, 3.8) is 0 Å². The summed E-state index contributed by atoms with van der Waals surface area (Å²) in [5, 5.41) is 4.27. The number of nitrogens with one attached hydrogen (secondary N) is 1. The summed E-state index contributed by atoms with van der Waals surface area (Å²) in [4.78, 5) is 25.1. The lowest BCUT2D eigenvalue weighted by Gasteiger charge is -2.30. The Balaban J connectivity index is 1.15. The summed E-state index contributed by atoms with van der Waals surface area (Å²) in [7, 11) is 0. The highest BCUT2D eigenvalue weighted by molar-refractivity contribution is 7.11. The van der Waals surface area contributed by atoms with Gasteiger partial charge in [-0.3, -0.25) is 4.79 Å². The smallest absolute Gasteiger partial charge is 0.225 e. The van der Waals surface area contributed by atoms with Crippen LogP contribution in [-0.4, -0.2) is 53.1 Å². The molecule has 3 heterocycles. The number of ether oxygens (including phenoxy) is 1. The molecule has 1 N–H and O–H groups in total. The molecule has 0 unspecified atom stereocenters. The zero-order chi connectivity index (χ0) is 23.9. The molecule has 0 radical (unpaired) electrons. The minimum atomic E-state index is 0.141. The summed E-state index contributed by atoms with van der Waals surface area (Å²) in [6.07, 6.45) is 10.3. The number of amides is 1. The minimum Gasteiger partial charge on any atom is -0.477 e. The Morgan fingerprint density at radius 1 is 1.21 bits per heavy atom. The SMILES string of the molecule is Cc1ncc(CC(=O)N[C@H]2CC[C@H](CCN3CCc4ccc(OCC(C)C)nc4CC3)CC2)s1. The fraction of sp³-hybridized carbons (Fsp3) is 0.667. The first-order valence-electron chi connectivity index (χ1n) is 13.0. The molecule has 2 aromatic heterocycles. The molecule has 2 aromatic rings. The zero-order valence-electron chi connectivity index (χ0n) is 21.0. The van der Waals surface area contributed by atoms with Crippen molar-refractivity contribution < 1.29 is 9.53 Å². The summed E-state index contributed by atoms with van der Waals surface area (Å²) in [5.41, 5.74) is 2.60. The van der Waals surface area contributed by atoms with Crippen LogP contribution in [0.4, 0.5) is 0 Å². The average Bonchev–Trinajstić information content (AvgIpc) is 3.11.